The Balaban J connectivity index is 2.26. The quantitative estimate of drug-likeness (QED) is 0.316. The molecule has 0 atom stereocenters. The smallest absolute Gasteiger partial charge is 0.374 e. The van der Waals surface area contributed by atoms with Gasteiger partial charge in [0.25, 0.3) is 5.69 Å². The molecule has 0 amide bonds. The second-order valence-electron chi connectivity index (χ2n) is 5.11. The van der Waals surface area contributed by atoms with Crippen molar-refractivity contribution in [3.8, 4) is 5.75 Å². The molecule has 0 N–H and O–H groups in total. The van der Waals surface area contributed by atoms with Crippen molar-refractivity contribution in [2.45, 2.75) is 20.0 Å². The number of hydrogen-bond acceptors (Lipinski definition) is 6. The van der Waals surface area contributed by atoms with Crippen LogP contribution in [-0.4, -0.2) is 23.3 Å². The molecule has 7 heteroatoms. The Labute approximate surface area is 144 Å². The summed E-state index contributed by atoms with van der Waals surface area (Å²) in [7, 11) is 0. The molecule has 0 heterocycles. The summed E-state index contributed by atoms with van der Waals surface area (Å²) in [6.45, 7) is 1.81. The summed E-state index contributed by atoms with van der Waals surface area (Å²) >= 11 is 0. The molecule has 0 aliphatic rings. The molecule has 0 unspecified atom stereocenters. The number of ether oxygens (including phenoxy) is 2. The average Bonchev–Trinajstić information content (AvgIpc) is 2.61. The van der Waals surface area contributed by atoms with Crippen LogP contribution in [0.25, 0.3) is 0 Å². The van der Waals surface area contributed by atoms with E-state index in [1.165, 1.54) is 18.2 Å². The van der Waals surface area contributed by atoms with E-state index in [1.54, 1.807) is 6.92 Å². The van der Waals surface area contributed by atoms with Gasteiger partial charge in [0.2, 0.25) is 5.78 Å². The van der Waals surface area contributed by atoms with E-state index in [2.05, 4.69) is 4.74 Å². The minimum atomic E-state index is -1.02. The highest BCUT2D eigenvalue weighted by atomic mass is 16.6. The van der Waals surface area contributed by atoms with Crippen LogP contribution >= 0.6 is 0 Å². The molecular weight excluding hydrogens is 326 g/mol. The first-order valence-corrected chi connectivity index (χ1v) is 7.66. The number of nitro groups is 1. The lowest BCUT2D eigenvalue weighted by Crippen LogP contribution is -2.20. The number of rotatable bonds is 8. The van der Waals surface area contributed by atoms with Crippen LogP contribution in [0, 0.1) is 10.1 Å². The molecule has 7 nitrogen and oxygen atoms in total. The predicted octanol–water partition coefficient (Wildman–Crippen LogP) is 2.85. The fourth-order valence-electron chi connectivity index (χ4n) is 2.22. The van der Waals surface area contributed by atoms with Gasteiger partial charge in [0, 0.05) is 6.07 Å². The van der Waals surface area contributed by atoms with Crippen LogP contribution in [0.15, 0.2) is 48.5 Å². The fourth-order valence-corrected chi connectivity index (χ4v) is 2.22. The molecule has 130 valence electrons. The standard InChI is InChI=1S/C18H17NO6/c1-2-24-18(21)16(20)11-14-15(19(22)23)9-6-10-17(14)25-12-13-7-4-3-5-8-13/h3-10H,2,11-12H2,1H3. The first kappa shape index (κ1) is 18.1. The molecule has 0 bridgehead atoms. The van der Waals surface area contributed by atoms with E-state index in [1.807, 2.05) is 30.3 Å². The number of carbonyl (C=O) groups excluding carboxylic acids is 2. The van der Waals surface area contributed by atoms with Crippen molar-refractivity contribution in [3.63, 3.8) is 0 Å². The third-order valence-electron chi connectivity index (χ3n) is 3.38. The molecule has 0 saturated heterocycles. The van der Waals surface area contributed by atoms with Crippen molar-refractivity contribution < 1.29 is 24.0 Å². The first-order chi connectivity index (χ1) is 12.0. The molecule has 0 spiro atoms. The van der Waals surface area contributed by atoms with Gasteiger partial charge in [-0.15, -0.1) is 0 Å². The third kappa shape index (κ3) is 4.87. The SMILES string of the molecule is CCOC(=O)C(=O)Cc1c(OCc2ccccc2)cccc1[N+](=O)[O-]. The van der Waals surface area contributed by atoms with Crippen molar-refractivity contribution >= 4 is 17.4 Å². The van der Waals surface area contributed by atoms with Crippen molar-refractivity contribution in [2.24, 2.45) is 0 Å². The van der Waals surface area contributed by atoms with Gasteiger partial charge >= 0.3 is 5.97 Å². The summed E-state index contributed by atoms with van der Waals surface area (Å²) in [6, 6.07) is 13.5. The topological polar surface area (TPSA) is 95.7 Å². The summed E-state index contributed by atoms with van der Waals surface area (Å²) in [4.78, 5) is 34.1. The summed E-state index contributed by atoms with van der Waals surface area (Å²) < 4.78 is 10.3. The van der Waals surface area contributed by atoms with Crippen molar-refractivity contribution in [1.82, 2.24) is 0 Å². The predicted molar refractivity (Wildman–Crippen MR) is 89.2 cm³/mol. The molecule has 0 radical (unpaired) electrons. The summed E-state index contributed by atoms with van der Waals surface area (Å²) in [5, 5.41) is 11.2. The molecule has 0 aliphatic heterocycles. The molecule has 25 heavy (non-hydrogen) atoms. The van der Waals surface area contributed by atoms with Crippen molar-refractivity contribution in [3.05, 3.63) is 69.8 Å². The summed E-state index contributed by atoms with van der Waals surface area (Å²) in [5.41, 5.74) is 0.654. The lowest BCUT2D eigenvalue weighted by molar-refractivity contribution is -0.385. The normalized spacial score (nSPS) is 10.1. The number of Topliss-reactive ketones (excluding diaryl/α,β-unsaturated/α-hetero) is 1. The van der Waals surface area contributed by atoms with Crippen molar-refractivity contribution in [2.75, 3.05) is 6.61 Å². The van der Waals surface area contributed by atoms with Gasteiger partial charge in [-0.3, -0.25) is 14.9 Å². The molecular formula is C18H17NO6. The van der Waals surface area contributed by atoms with Crippen LogP contribution in [0.5, 0.6) is 5.75 Å². The van der Waals surface area contributed by atoms with E-state index in [-0.39, 0.29) is 30.2 Å². The maximum Gasteiger partial charge on any atom is 0.374 e. The maximum absolute atomic E-state index is 12.0. The van der Waals surface area contributed by atoms with Gasteiger partial charge in [0.1, 0.15) is 12.4 Å². The van der Waals surface area contributed by atoms with E-state index in [4.69, 9.17) is 4.74 Å². The van der Waals surface area contributed by atoms with Crippen LogP contribution in [0.1, 0.15) is 18.1 Å². The zero-order chi connectivity index (χ0) is 18.2. The maximum atomic E-state index is 12.0. The van der Waals surface area contributed by atoms with E-state index in [0.29, 0.717) is 0 Å². The monoisotopic (exact) mass is 343 g/mol. The summed E-state index contributed by atoms with van der Waals surface area (Å²) in [6.07, 6.45) is -0.458. The largest absolute Gasteiger partial charge is 0.488 e. The van der Waals surface area contributed by atoms with Crippen LogP contribution in [0.4, 0.5) is 5.69 Å². The zero-order valence-electron chi connectivity index (χ0n) is 13.6. The molecule has 0 aromatic heterocycles. The van der Waals surface area contributed by atoms with Crippen LogP contribution in [-0.2, 0) is 27.4 Å². The molecule has 0 aliphatic carbocycles. The molecule has 2 aromatic carbocycles. The minimum absolute atomic E-state index is 0.0544. The van der Waals surface area contributed by atoms with E-state index >= 15 is 0 Å². The molecule has 0 fully saturated rings. The van der Waals surface area contributed by atoms with Gasteiger partial charge in [-0.2, -0.15) is 0 Å². The second kappa shape index (κ2) is 8.58. The Morgan fingerprint density at radius 3 is 2.44 bits per heavy atom. The van der Waals surface area contributed by atoms with E-state index in [0.717, 1.165) is 5.56 Å². The van der Waals surface area contributed by atoms with Crippen LogP contribution in [0.2, 0.25) is 0 Å². The minimum Gasteiger partial charge on any atom is -0.488 e. The van der Waals surface area contributed by atoms with Crippen LogP contribution in [0.3, 0.4) is 0 Å². The lowest BCUT2D eigenvalue weighted by atomic mass is 10.1. The van der Waals surface area contributed by atoms with E-state index < -0.39 is 23.1 Å². The first-order valence-electron chi connectivity index (χ1n) is 7.66. The fraction of sp³-hybridized carbons (Fsp3) is 0.222. The molecule has 2 rings (SSSR count). The van der Waals surface area contributed by atoms with E-state index in [9.17, 15) is 19.7 Å². The van der Waals surface area contributed by atoms with Gasteiger partial charge in [-0.05, 0) is 18.6 Å². The number of benzene rings is 2. The van der Waals surface area contributed by atoms with Gasteiger partial charge in [0.05, 0.1) is 23.5 Å². The molecule has 0 saturated carbocycles. The number of hydrogen-bond donors (Lipinski definition) is 0. The number of nitro benzene ring substituents is 1. The number of nitrogens with zero attached hydrogens (tertiary/aromatic N) is 1. The average molecular weight is 343 g/mol. The van der Waals surface area contributed by atoms with Gasteiger partial charge < -0.3 is 9.47 Å². The second-order valence-corrected chi connectivity index (χ2v) is 5.11. The summed E-state index contributed by atoms with van der Waals surface area (Å²) in [5.74, 6) is -1.69. The Bertz CT molecular complexity index is 772. The van der Waals surface area contributed by atoms with Gasteiger partial charge in [-0.1, -0.05) is 36.4 Å². The lowest BCUT2D eigenvalue weighted by Gasteiger charge is -2.11. The highest BCUT2D eigenvalue weighted by molar-refractivity contribution is 6.34. The zero-order valence-corrected chi connectivity index (χ0v) is 13.6. The highest BCUT2D eigenvalue weighted by Crippen LogP contribution is 2.29. The Hall–Kier alpha value is -3.22. The van der Waals surface area contributed by atoms with Crippen LogP contribution < -0.4 is 4.74 Å². The number of carbonyl (C=O) groups is 2. The highest BCUT2D eigenvalue weighted by Gasteiger charge is 2.25. The van der Waals surface area contributed by atoms with Gasteiger partial charge in [-0.25, -0.2) is 4.79 Å². The number of ketones is 1. The Kier molecular flexibility index (Phi) is 6.22. The Morgan fingerprint density at radius 2 is 1.80 bits per heavy atom. The molecule has 2 aromatic rings. The number of esters is 1. The third-order valence-corrected chi connectivity index (χ3v) is 3.38. The van der Waals surface area contributed by atoms with Gasteiger partial charge in [0.15, 0.2) is 0 Å². The van der Waals surface area contributed by atoms with Crippen molar-refractivity contribution in [1.29, 1.82) is 0 Å². The Morgan fingerprint density at radius 1 is 1.08 bits per heavy atom.